The van der Waals surface area contributed by atoms with Crippen molar-refractivity contribution in [1.29, 1.82) is 0 Å². The van der Waals surface area contributed by atoms with E-state index in [-0.39, 0.29) is 11.7 Å². The van der Waals surface area contributed by atoms with Crippen molar-refractivity contribution < 1.29 is 14.5 Å². The summed E-state index contributed by atoms with van der Waals surface area (Å²) in [5, 5.41) is 23.0. The molecule has 0 radical (unpaired) electrons. The van der Waals surface area contributed by atoms with E-state index in [1.54, 1.807) is 57.2 Å². The second-order valence-electron chi connectivity index (χ2n) is 7.23. The number of nitro groups is 1. The number of carbonyl (C=O) groups is 1. The number of aromatic nitrogens is 4. The van der Waals surface area contributed by atoms with Crippen LogP contribution in [0.1, 0.15) is 26.3 Å². The lowest BCUT2D eigenvalue weighted by molar-refractivity contribution is -0.384. The Balaban J connectivity index is 1.68. The van der Waals surface area contributed by atoms with Crippen LogP contribution in [0.4, 0.5) is 5.69 Å². The van der Waals surface area contributed by atoms with Gasteiger partial charge in [-0.2, -0.15) is 4.80 Å². The maximum absolute atomic E-state index is 11.9. The van der Waals surface area contributed by atoms with Crippen LogP contribution < -0.4 is 4.74 Å². The number of hydrogen-bond acceptors (Lipinski definition) is 7. The molecule has 9 nitrogen and oxygen atoms in total. The van der Waals surface area contributed by atoms with E-state index in [2.05, 4.69) is 15.4 Å². The van der Waals surface area contributed by atoms with Gasteiger partial charge >= 0.3 is 5.97 Å². The van der Waals surface area contributed by atoms with Crippen LogP contribution in [-0.4, -0.2) is 31.1 Å². The summed E-state index contributed by atoms with van der Waals surface area (Å²) in [4.78, 5) is 23.6. The Kier molecular flexibility index (Phi) is 5.16. The Labute approximate surface area is 161 Å². The maximum Gasteiger partial charge on any atom is 0.316 e. The standard InChI is InChI=1S/C19H19N5O4/c1-19(2,3)18(25)28-16-10-6-14(7-11-16)17-20-22-23(21-17)12-13-4-8-15(9-5-13)24(26)27/h4-11H,12H2,1-3H3. The highest BCUT2D eigenvalue weighted by Gasteiger charge is 2.23. The van der Waals surface area contributed by atoms with Crippen molar-refractivity contribution in [2.24, 2.45) is 5.41 Å². The van der Waals surface area contributed by atoms with Crippen molar-refractivity contribution in [3.63, 3.8) is 0 Å². The molecule has 0 saturated carbocycles. The maximum atomic E-state index is 11.9. The van der Waals surface area contributed by atoms with E-state index in [0.717, 1.165) is 11.1 Å². The van der Waals surface area contributed by atoms with Gasteiger partial charge in [-0.1, -0.05) is 12.1 Å². The summed E-state index contributed by atoms with van der Waals surface area (Å²) in [5.74, 6) is 0.560. The summed E-state index contributed by atoms with van der Waals surface area (Å²) in [7, 11) is 0. The van der Waals surface area contributed by atoms with Crippen molar-refractivity contribution in [3.8, 4) is 17.1 Å². The number of ether oxygens (including phenoxy) is 1. The van der Waals surface area contributed by atoms with E-state index in [0.29, 0.717) is 18.1 Å². The first-order valence-corrected chi connectivity index (χ1v) is 8.56. The third-order valence-electron chi connectivity index (χ3n) is 3.86. The fourth-order valence-electron chi connectivity index (χ4n) is 2.24. The van der Waals surface area contributed by atoms with Gasteiger partial charge in [-0.15, -0.1) is 10.2 Å². The third-order valence-corrected chi connectivity index (χ3v) is 3.86. The molecule has 0 aliphatic heterocycles. The van der Waals surface area contributed by atoms with E-state index in [1.807, 2.05) is 0 Å². The third kappa shape index (κ3) is 4.56. The van der Waals surface area contributed by atoms with Crippen molar-refractivity contribution in [1.82, 2.24) is 20.2 Å². The molecule has 28 heavy (non-hydrogen) atoms. The number of nitrogens with zero attached hydrogens (tertiary/aromatic N) is 5. The molecule has 3 rings (SSSR count). The molecule has 0 aliphatic rings. The number of carbonyl (C=O) groups excluding carboxylic acids is 1. The molecule has 0 atom stereocenters. The van der Waals surface area contributed by atoms with E-state index in [9.17, 15) is 14.9 Å². The zero-order valence-corrected chi connectivity index (χ0v) is 15.7. The fourth-order valence-corrected chi connectivity index (χ4v) is 2.24. The van der Waals surface area contributed by atoms with Crippen molar-refractivity contribution in [3.05, 3.63) is 64.2 Å². The first-order chi connectivity index (χ1) is 13.2. The summed E-state index contributed by atoms with van der Waals surface area (Å²) >= 11 is 0. The Morgan fingerprint density at radius 2 is 1.75 bits per heavy atom. The van der Waals surface area contributed by atoms with Gasteiger partial charge in [0.1, 0.15) is 5.75 Å². The van der Waals surface area contributed by atoms with Crippen molar-refractivity contribution in [2.45, 2.75) is 27.3 Å². The number of benzene rings is 2. The van der Waals surface area contributed by atoms with Crippen LogP contribution in [0.15, 0.2) is 48.5 Å². The lowest BCUT2D eigenvalue weighted by Crippen LogP contribution is -2.25. The summed E-state index contributed by atoms with van der Waals surface area (Å²) in [5.41, 5.74) is 0.994. The predicted octanol–water partition coefficient (Wildman–Crippen LogP) is 3.25. The van der Waals surface area contributed by atoms with Gasteiger partial charge in [-0.3, -0.25) is 14.9 Å². The molecule has 0 spiro atoms. The number of tetrazole rings is 1. The molecular weight excluding hydrogens is 362 g/mol. The van der Waals surface area contributed by atoms with Crippen LogP contribution in [0.25, 0.3) is 11.4 Å². The molecule has 1 aromatic heterocycles. The molecule has 0 amide bonds. The van der Waals surface area contributed by atoms with Gasteiger partial charge < -0.3 is 4.74 Å². The minimum atomic E-state index is -0.583. The number of nitro benzene ring substituents is 1. The van der Waals surface area contributed by atoms with Crippen LogP contribution in [0.3, 0.4) is 0 Å². The lowest BCUT2D eigenvalue weighted by Gasteiger charge is -2.16. The van der Waals surface area contributed by atoms with E-state index >= 15 is 0 Å². The summed E-state index contributed by atoms with van der Waals surface area (Å²) in [6, 6.07) is 13.0. The average Bonchev–Trinajstić information content (AvgIpc) is 3.10. The number of hydrogen-bond donors (Lipinski definition) is 0. The summed E-state index contributed by atoms with van der Waals surface area (Å²) in [6.45, 7) is 5.71. The van der Waals surface area contributed by atoms with Crippen molar-refractivity contribution >= 4 is 11.7 Å². The van der Waals surface area contributed by atoms with Gasteiger partial charge in [0.05, 0.1) is 16.9 Å². The second kappa shape index (κ2) is 7.55. The fraction of sp³-hybridized carbons (Fsp3) is 0.263. The quantitative estimate of drug-likeness (QED) is 0.288. The second-order valence-corrected chi connectivity index (χ2v) is 7.23. The summed E-state index contributed by atoms with van der Waals surface area (Å²) in [6.07, 6.45) is 0. The highest BCUT2D eigenvalue weighted by atomic mass is 16.6. The SMILES string of the molecule is CC(C)(C)C(=O)Oc1ccc(-c2nnn(Cc3ccc([N+](=O)[O-])cc3)n2)cc1. The van der Waals surface area contributed by atoms with Crippen LogP contribution in [-0.2, 0) is 11.3 Å². The normalized spacial score (nSPS) is 11.2. The van der Waals surface area contributed by atoms with Crippen molar-refractivity contribution in [2.75, 3.05) is 0 Å². The average molecular weight is 381 g/mol. The predicted molar refractivity (Wildman–Crippen MR) is 101 cm³/mol. The minimum Gasteiger partial charge on any atom is -0.426 e. The number of esters is 1. The molecule has 0 N–H and O–H groups in total. The molecule has 144 valence electrons. The molecular formula is C19H19N5O4. The highest BCUT2D eigenvalue weighted by Crippen LogP contribution is 2.22. The Bertz CT molecular complexity index is 988. The molecule has 0 bridgehead atoms. The van der Waals surface area contributed by atoms with E-state index in [1.165, 1.54) is 16.9 Å². The van der Waals surface area contributed by atoms with Gasteiger partial charge in [-0.25, -0.2) is 0 Å². The van der Waals surface area contributed by atoms with Gasteiger partial charge in [-0.05, 0) is 55.8 Å². The Morgan fingerprint density at radius 3 is 2.32 bits per heavy atom. The molecule has 3 aromatic rings. The minimum absolute atomic E-state index is 0.0308. The van der Waals surface area contributed by atoms with E-state index < -0.39 is 10.3 Å². The first-order valence-electron chi connectivity index (χ1n) is 8.56. The molecule has 0 aliphatic carbocycles. The van der Waals surface area contributed by atoms with Gasteiger partial charge in [0.25, 0.3) is 5.69 Å². The largest absolute Gasteiger partial charge is 0.426 e. The molecule has 9 heteroatoms. The molecule has 2 aromatic carbocycles. The molecule has 0 saturated heterocycles. The zero-order valence-electron chi connectivity index (χ0n) is 15.7. The lowest BCUT2D eigenvalue weighted by atomic mass is 9.97. The molecule has 0 fully saturated rings. The Morgan fingerprint density at radius 1 is 1.11 bits per heavy atom. The highest BCUT2D eigenvalue weighted by molar-refractivity contribution is 5.78. The molecule has 1 heterocycles. The van der Waals surface area contributed by atoms with Crippen LogP contribution >= 0.6 is 0 Å². The molecule has 0 unspecified atom stereocenters. The number of rotatable bonds is 5. The van der Waals surface area contributed by atoms with Crippen LogP contribution in [0, 0.1) is 15.5 Å². The summed E-state index contributed by atoms with van der Waals surface area (Å²) < 4.78 is 5.33. The first kappa shape index (κ1) is 19.2. The topological polar surface area (TPSA) is 113 Å². The van der Waals surface area contributed by atoms with Crippen LogP contribution in [0.2, 0.25) is 0 Å². The smallest absolute Gasteiger partial charge is 0.316 e. The van der Waals surface area contributed by atoms with Gasteiger partial charge in [0.15, 0.2) is 0 Å². The number of non-ortho nitro benzene ring substituents is 1. The van der Waals surface area contributed by atoms with Crippen LogP contribution in [0.5, 0.6) is 5.75 Å². The monoisotopic (exact) mass is 381 g/mol. The van der Waals surface area contributed by atoms with Gasteiger partial charge in [0.2, 0.25) is 5.82 Å². The van der Waals surface area contributed by atoms with E-state index in [4.69, 9.17) is 4.74 Å². The van der Waals surface area contributed by atoms with Gasteiger partial charge in [0, 0.05) is 17.7 Å². The Hall–Kier alpha value is -3.62. The zero-order chi connectivity index (χ0) is 20.3.